The lowest BCUT2D eigenvalue weighted by Crippen LogP contribution is -2.18. The second kappa shape index (κ2) is 6.53. The first kappa shape index (κ1) is 15.9. The van der Waals surface area contributed by atoms with Gasteiger partial charge in [0.15, 0.2) is 4.77 Å². The van der Waals surface area contributed by atoms with Crippen LogP contribution in [0.25, 0.3) is 0 Å². The van der Waals surface area contributed by atoms with Crippen molar-refractivity contribution in [3.05, 3.63) is 62.7 Å². The molecule has 0 fully saturated rings. The largest absolute Gasteiger partial charge is 0.494 e. The Hall–Kier alpha value is -2.47. The Morgan fingerprint density at radius 3 is 2.59 bits per heavy atom. The van der Waals surface area contributed by atoms with Crippen molar-refractivity contribution in [3.8, 4) is 5.88 Å². The molecule has 2 aromatic rings. The summed E-state index contributed by atoms with van der Waals surface area (Å²) < 4.78 is 1.53. The quantitative estimate of drug-likeness (QED) is 0.517. The van der Waals surface area contributed by atoms with Gasteiger partial charge < -0.3 is 5.11 Å². The number of aromatic amines is 1. The Morgan fingerprint density at radius 2 is 2.00 bits per heavy atom. The van der Waals surface area contributed by atoms with Crippen molar-refractivity contribution >= 4 is 24.1 Å². The van der Waals surface area contributed by atoms with Gasteiger partial charge in [0.25, 0.3) is 5.56 Å². The molecule has 0 saturated carbocycles. The molecule has 0 bridgehead atoms. The molecule has 0 atom stereocenters. The lowest BCUT2D eigenvalue weighted by atomic mass is 10.1. The minimum Gasteiger partial charge on any atom is -0.494 e. The molecule has 0 spiro atoms. The number of aromatic hydroxyl groups is 1. The maximum absolute atomic E-state index is 12.0. The van der Waals surface area contributed by atoms with Crippen LogP contribution in [-0.4, -0.2) is 20.9 Å². The molecule has 1 heterocycles. The van der Waals surface area contributed by atoms with Crippen LogP contribution in [0.3, 0.4) is 0 Å². The van der Waals surface area contributed by atoms with Crippen LogP contribution in [0.4, 0.5) is 5.69 Å². The standard InChI is InChI=1S/C16H17N3O2S/c1-4-5-19-15(21)13(14(20)18-16(19)22)9-17-12-7-10(2)6-11(3)8-12/h4,6-9,21H,1,5H2,2-3H3,(H,18,20,22). The van der Waals surface area contributed by atoms with Gasteiger partial charge in [0.2, 0.25) is 5.88 Å². The van der Waals surface area contributed by atoms with E-state index in [1.165, 1.54) is 10.8 Å². The van der Waals surface area contributed by atoms with Gasteiger partial charge in [-0.1, -0.05) is 12.1 Å². The van der Waals surface area contributed by atoms with E-state index in [9.17, 15) is 9.90 Å². The van der Waals surface area contributed by atoms with E-state index < -0.39 is 5.56 Å². The molecule has 0 amide bonds. The summed E-state index contributed by atoms with van der Waals surface area (Å²) in [5, 5.41) is 10.2. The molecule has 2 rings (SSSR count). The number of aliphatic imine (C=N–C) groups is 1. The minimum absolute atomic E-state index is 0.0645. The van der Waals surface area contributed by atoms with E-state index in [2.05, 4.69) is 16.6 Å². The van der Waals surface area contributed by atoms with E-state index in [4.69, 9.17) is 12.2 Å². The van der Waals surface area contributed by atoms with E-state index in [1.54, 1.807) is 6.08 Å². The van der Waals surface area contributed by atoms with E-state index in [1.807, 2.05) is 32.0 Å². The predicted octanol–water partition coefficient (Wildman–Crippen LogP) is 3.16. The average molecular weight is 315 g/mol. The molecule has 0 aliphatic carbocycles. The summed E-state index contributed by atoms with van der Waals surface area (Å²) in [6.07, 6.45) is 2.93. The van der Waals surface area contributed by atoms with Gasteiger partial charge in [0.1, 0.15) is 5.56 Å². The van der Waals surface area contributed by atoms with Gasteiger partial charge in [-0.15, -0.1) is 6.58 Å². The monoisotopic (exact) mass is 315 g/mol. The van der Waals surface area contributed by atoms with Crippen molar-refractivity contribution in [3.63, 3.8) is 0 Å². The predicted molar refractivity (Wildman–Crippen MR) is 90.9 cm³/mol. The van der Waals surface area contributed by atoms with Crippen molar-refractivity contribution in [1.82, 2.24) is 9.55 Å². The number of rotatable bonds is 4. The third-order valence-corrected chi connectivity index (χ3v) is 3.39. The zero-order chi connectivity index (χ0) is 16.3. The second-order valence-electron chi connectivity index (χ2n) is 5.00. The molecule has 0 unspecified atom stereocenters. The molecule has 0 aliphatic rings. The third kappa shape index (κ3) is 3.40. The number of aromatic nitrogens is 2. The summed E-state index contributed by atoms with van der Waals surface area (Å²) in [5.74, 6) is -0.221. The molecule has 0 saturated heterocycles. The van der Waals surface area contributed by atoms with Crippen LogP contribution in [0.1, 0.15) is 16.7 Å². The Bertz CT molecular complexity index is 842. The van der Waals surface area contributed by atoms with Gasteiger partial charge in [0.05, 0.1) is 5.69 Å². The van der Waals surface area contributed by atoms with Gasteiger partial charge in [-0.3, -0.25) is 19.3 Å². The van der Waals surface area contributed by atoms with Crippen molar-refractivity contribution in [2.24, 2.45) is 4.99 Å². The first-order valence-corrected chi connectivity index (χ1v) is 7.12. The van der Waals surface area contributed by atoms with Crippen LogP contribution in [0.15, 0.2) is 40.6 Å². The number of nitrogens with one attached hydrogen (secondary N) is 1. The molecule has 0 radical (unpaired) electrons. The first-order chi connectivity index (χ1) is 10.4. The molecule has 114 valence electrons. The van der Waals surface area contributed by atoms with Crippen LogP contribution in [-0.2, 0) is 6.54 Å². The van der Waals surface area contributed by atoms with Crippen LogP contribution in [0.5, 0.6) is 5.88 Å². The molecule has 1 aromatic carbocycles. The summed E-state index contributed by atoms with van der Waals surface area (Å²) in [6.45, 7) is 7.84. The van der Waals surface area contributed by atoms with Gasteiger partial charge in [0, 0.05) is 12.8 Å². The Balaban J connectivity index is 2.51. The maximum Gasteiger partial charge on any atom is 0.264 e. The van der Waals surface area contributed by atoms with Crippen molar-refractivity contribution < 1.29 is 5.11 Å². The summed E-state index contributed by atoms with van der Waals surface area (Å²) in [5.41, 5.74) is 2.46. The van der Waals surface area contributed by atoms with Crippen molar-refractivity contribution in [1.29, 1.82) is 0 Å². The number of benzene rings is 1. The van der Waals surface area contributed by atoms with E-state index in [-0.39, 0.29) is 16.2 Å². The molecule has 5 nitrogen and oxygen atoms in total. The smallest absolute Gasteiger partial charge is 0.264 e. The zero-order valence-corrected chi connectivity index (χ0v) is 13.3. The van der Waals surface area contributed by atoms with Crippen molar-refractivity contribution in [2.45, 2.75) is 20.4 Å². The Labute approximate surface area is 133 Å². The normalized spacial score (nSPS) is 11.0. The average Bonchev–Trinajstić information content (AvgIpc) is 2.42. The molecule has 6 heteroatoms. The zero-order valence-electron chi connectivity index (χ0n) is 12.5. The van der Waals surface area contributed by atoms with E-state index in [0.29, 0.717) is 12.2 Å². The molecule has 1 aromatic heterocycles. The fourth-order valence-electron chi connectivity index (χ4n) is 2.15. The Kier molecular flexibility index (Phi) is 4.72. The van der Waals surface area contributed by atoms with Gasteiger partial charge in [-0.05, 0) is 49.3 Å². The first-order valence-electron chi connectivity index (χ1n) is 6.71. The number of H-pyrrole nitrogens is 1. The van der Waals surface area contributed by atoms with E-state index in [0.717, 1.165) is 11.1 Å². The van der Waals surface area contributed by atoms with Gasteiger partial charge in [-0.25, -0.2) is 0 Å². The number of aryl methyl sites for hydroxylation is 2. The lowest BCUT2D eigenvalue weighted by Gasteiger charge is -2.08. The molecular formula is C16H17N3O2S. The number of nitrogens with zero attached hydrogens (tertiary/aromatic N) is 2. The fraction of sp³-hybridized carbons (Fsp3) is 0.188. The van der Waals surface area contributed by atoms with Gasteiger partial charge in [-0.2, -0.15) is 0 Å². The topological polar surface area (TPSA) is 70.4 Å². The maximum atomic E-state index is 12.0. The van der Waals surface area contributed by atoms with E-state index >= 15 is 0 Å². The SMILES string of the molecule is C=CCn1c(O)c(C=Nc2cc(C)cc(C)c2)c(=O)[nH]c1=S. The minimum atomic E-state index is -0.476. The second-order valence-corrected chi connectivity index (χ2v) is 5.39. The number of hydrogen-bond donors (Lipinski definition) is 2. The van der Waals surface area contributed by atoms with Crippen LogP contribution in [0, 0.1) is 18.6 Å². The summed E-state index contributed by atoms with van der Waals surface area (Å²) in [4.78, 5) is 18.7. The third-order valence-electron chi connectivity index (χ3n) is 3.07. The summed E-state index contributed by atoms with van der Waals surface area (Å²) >= 11 is 5.02. The van der Waals surface area contributed by atoms with Crippen molar-refractivity contribution in [2.75, 3.05) is 0 Å². The highest BCUT2D eigenvalue weighted by atomic mass is 32.1. The molecular weight excluding hydrogens is 298 g/mol. The highest BCUT2D eigenvalue weighted by Gasteiger charge is 2.09. The van der Waals surface area contributed by atoms with Crippen LogP contribution >= 0.6 is 12.2 Å². The fourth-order valence-corrected chi connectivity index (χ4v) is 2.41. The lowest BCUT2D eigenvalue weighted by molar-refractivity contribution is 0.413. The Morgan fingerprint density at radius 1 is 1.36 bits per heavy atom. The molecule has 2 N–H and O–H groups in total. The highest BCUT2D eigenvalue weighted by molar-refractivity contribution is 7.71. The number of allylic oxidation sites excluding steroid dienone is 1. The molecule has 22 heavy (non-hydrogen) atoms. The highest BCUT2D eigenvalue weighted by Crippen LogP contribution is 2.18. The molecule has 0 aliphatic heterocycles. The van der Waals surface area contributed by atoms with Crippen LogP contribution in [0.2, 0.25) is 0 Å². The number of hydrogen-bond acceptors (Lipinski definition) is 4. The van der Waals surface area contributed by atoms with Gasteiger partial charge >= 0.3 is 0 Å². The summed E-state index contributed by atoms with van der Waals surface area (Å²) in [7, 11) is 0. The van der Waals surface area contributed by atoms with Crippen LogP contribution < -0.4 is 5.56 Å². The summed E-state index contributed by atoms with van der Waals surface area (Å²) in [6, 6.07) is 5.83.